The molecule has 0 aliphatic carbocycles. The molecule has 3 rings (SSSR count). The van der Waals surface area contributed by atoms with Gasteiger partial charge in [-0.05, 0) is 30.3 Å². The fraction of sp³-hybridized carbons (Fsp3) is 0. The smallest absolute Gasteiger partial charge is 0.233 e. The Kier molecular flexibility index (Phi) is 3.04. The minimum atomic E-state index is -0.305. The summed E-state index contributed by atoms with van der Waals surface area (Å²) in [6.07, 6.45) is 2.85. The van der Waals surface area contributed by atoms with E-state index in [1.54, 1.807) is 36.4 Å². The van der Waals surface area contributed by atoms with E-state index in [2.05, 4.69) is 5.10 Å². The summed E-state index contributed by atoms with van der Waals surface area (Å²) in [5, 5.41) is 4.69. The summed E-state index contributed by atoms with van der Waals surface area (Å²) in [5.74, 6) is 0.164. The van der Waals surface area contributed by atoms with E-state index in [9.17, 15) is 4.79 Å². The van der Waals surface area contributed by atoms with Crippen LogP contribution in [-0.4, -0.2) is 15.6 Å². The van der Waals surface area contributed by atoms with Gasteiger partial charge in [-0.25, -0.2) is 4.68 Å². The maximum atomic E-state index is 12.2. The van der Waals surface area contributed by atoms with Gasteiger partial charge >= 0.3 is 0 Å². The molecule has 0 atom stereocenters. The van der Waals surface area contributed by atoms with E-state index in [4.69, 9.17) is 21.8 Å². The lowest BCUT2D eigenvalue weighted by atomic mass is 10.2. The van der Waals surface area contributed by atoms with Crippen LogP contribution in [0.2, 0.25) is 5.02 Å². The number of anilines is 1. The summed E-state index contributed by atoms with van der Waals surface area (Å²) in [5.41, 5.74) is 6.97. The average Bonchev–Trinajstić information content (AvgIpc) is 3.07. The largest absolute Gasteiger partial charge is 0.461 e. The lowest BCUT2D eigenvalue weighted by molar-refractivity contribution is 0.101. The van der Waals surface area contributed by atoms with E-state index < -0.39 is 0 Å². The van der Waals surface area contributed by atoms with E-state index in [-0.39, 0.29) is 17.4 Å². The first-order valence-electron chi connectivity index (χ1n) is 5.84. The number of furan rings is 1. The van der Waals surface area contributed by atoms with E-state index in [0.717, 1.165) is 0 Å². The highest BCUT2D eigenvalue weighted by molar-refractivity contribution is 6.30. The van der Waals surface area contributed by atoms with Crippen molar-refractivity contribution in [2.24, 2.45) is 0 Å². The van der Waals surface area contributed by atoms with Gasteiger partial charge in [-0.1, -0.05) is 17.7 Å². The Morgan fingerprint density at radius 1 is 1.30 bits per heavy atom. The minimum absolute atomic E-state index is 0.224. The molecule has 6 heteroatoms. The number of aromatic nitrogens is 2. The summed E-state index contributed by atoms with van der Waals surface area (Å²) >= 11 is 5.93. The maximum Gasteiger partial charge on any atom is 0.233 e. The molecule has 0 saturated carbocycles. The highest BCUT2D eigenvalue weighted by Crippen LogP contribution is 2.22. The number of halogens is 1. The molecule has 3 aromatic rings. The molecular weight excluding hydrogens is 278 g/mol. The highest BCUT2D eigenvalue weighted by atomic mass is 35.5. The quantitative estimate of drug-likeness (QED) is 0.752. The Hall–Kier alpha value is -2.53. The van der Waals surface area contributed by atoms with E-state index in [0.29, 0.717) is 16.3 Å². The molecule has 0 bridgehead atoms. The first-order valence-corrected chi connectivity index (χ1v) is 6.22. The Bertz CT molecular complexity index is 763. The molecule has 2 heterocycles. The summed E-state index contributed by atoms with van der Waals surface area (Å²) in [7, 11) is 0. The van der Waals surface area contributed by atoms with Crippen LogP contribution >= 0.6 is 11.6 Å². The predicted octanol–water partition coefficient (Wildman–Crippen LogP) is 2.93. The van der Waals surface area contributed by atoms with Crippen molar-refractivity contribution >= 4 is 23.2 Å². The van der Waals surface area contributed by atoms with Crippen molar-refractivity contribution in [2.45, 2.75) is 0 Å². The van der Waals surface area contributed by atoms with Gasteiger partial charge in [0.05, 0.1) is 23.7 Å². The molecule has 2 N–H and O–H groups in total. The van der Waals surface area contributed by atoms with Gasteiger partial charge in [-0.3, -0.25) is 4.79 Å². The molecule has 1 aromatic carbocycles. The van der Waals surface area contributed by atoms with Gasteiger partial charge in [-0.15, -0.1) is 0 Å². The fourth-order valence-corrected chi connectivity index (χ4v) is 2.07. The molecule has 2 aromatic heterocycles. The van der Waals surface area contributed by atoms with Crippen LogP contribution < -0.4 is 5.73 Å². The Balaban J connectivity index is 2.03. The standard InChI is InChI=1S/C14H10ClN3O2/c15-9-3-1-4-10(7-9)18-14(16)11(8-17-18)13(19)12-5-2-6-20-12/h1-8H,16H2. The van der Waals surface area contributed by atoms with Crippen molar-refractivity contribution in [3.8, 4) is 5.69 Å². The van der Waals surface area contributed by atoms with Gasteiger partial charge in [-0.2, -0.15) is 5.10 Å². The SMILES string of the molecule is Nc1c(C(=O)c2ccco2)cnn1-c1cccc(Cl)c1. The highest BCUT2D eigenvalue weighted by Gasteiger charge is 2.19. The first-order chi connectivity index (χ1) is 9.66. The number of rotatable bonds is 3. The number of hydrogen-bond donors (Lipinski definition) is 1. The second-order valence-electron chi connectivity index (χ2n) is 4.14. The van der Waals surface area contributed by atoms with Gasteiger partial charge in [0, 0.05) is 5.02 Å². The molecule has 0 fully saturated rings. The van der Waals surface area contributed by atoms with Crippen LogP contribution in [0.3, 0.4) is 0 Å². The summed E-state index contributed by atoms with van der Waals surface area (Å²) in [6, 6.07) is 10.3. The van der Waals surface area contributed by atoms with Crippen LogP contribution in [0.4, 0.5) is 5.82 Å². The van der Waals surface area contributed by atoms with Crippen LogP contribution in [0, 0.1) is 0 Å². The Labute approximate surface area is 119 Å². The van der Waals surface area contributed by atoms with Gasteiger partial charge in [0.2, 0.25) is 5.78 Å². The van der Waals surface area contributed by atoms with E-state index >= 15 is 0 Å². The fourth-order valence-electron chi connectivity index (χ4n) is 1.89. The first kappa shape index (κ1) is 12.5. The Morgan fingerprint density at radius 2 is 2.15 bits per heavy atom. The third-order valence-corrected chi connectivity index (χ3v) is 3.08. The van der Waals surface area contributed by atoms with Gasteiger partial charge < -0.3 is 10.2 Å². The Morgan fingerprint density at radius 3 is 2.85 bits per heavy atom. The zero-order valence-corrected chi connectivity index (χ0v) is 11.0. The lowest BCUT2D eigenvalue weighted by Gasteiger charge is -2.04. The third kappa shape index (κ3) is 2.08. The van der Waals surface area contributed by atoms with Gasteiger partial charge in [0.15, 0.2) is 5.76 Å². The van der Waals surface area contributed by atoms with Crippen molar-refractivity contribution in [3.05, 3.63) is 65.2 Å². The van der Waals surface area contributed by atoms with Crippen molar-refractivity contribution < 1.29 is 9.21 Å². The van der Waals surface area contributed by atoms with Crippen LogP contribution in [0.15, 0.2) is 53.3 Å². The van der Waals surface area contributed by atoms with E-state index in [1.807, 2.05) is 0 Å². The van der Waals surface area contributed by atoms with Crippen molar-refractivity contribution in [2.75, 3.05) is 5.73 Å². The zero-order valence-electron chi connectivity index (χ0n) is 10.3. The van der Waals surface area contributed by atoms with Crippen LogP contribution in [0.5, 0.6) is 0 Å². The number of carbonyl (C=O) groups is 1. The number of carbonyl (C=O) groups excluding carboxylic acids is 1. The molecule has 0 saturated heterocycles. The molecule has 0 amide bonds. The van der Waals surface area contributed by atoms with Crippen molar-refractivity contribution in [1.29, 1.82) is 0 Å². The predicted molar refractivity (Wildman–Crippen MR) is 75.1 cm³/mol. The van der Waals surface area contributed by atoms with E-state index in [1.165, 1.54) is 17.1 Å². The number of nitrogens with zero attached hydrogens (tertiary/aromatic N) is 2. The molecule has 0 unspecified atom stereocenters. The molecule has 100 valence electrons. The molecule has 0 spiro atoms. The van der Waals surface area contributed by atoms with Crippen LogP contribution in [0.25, 0.3) is 5.69 Å². The average molecular weight is 288 g/mol. The van der Waals surface area contributed by atoms with Crippen LogP contribution in [-0.2, 0) is 0 Å². The number of nitrogen functional groups attached to an aromatic ring is 1. The van der Waals surface area contributed by atoms with Gasteiger partial charge in [0.25, 0.3) is 0 Å². The van der Waals surface area contributed by atoms with Crippen LogP contribution in [0.1, 0.15) is 16.1 Å². The molecule has 0 aliphatic heterocycles. The van der Waals surface area contributed by atoms with Gasteiger partial charge in [0.1, 0.15) is 5.82 Å². The lowest BCUT2D eigenvalue weighted by Crippen LogP contribution is -2.06. The molecule has 0 aliphatic rings. The summed E-state index contributed by atoms with van der Waals surface area (Å²) in [6.45, 7) is 0. The van der Waals surface area contributed by atoms with Crippen molar-refractivity contribution in [1.82, 2.24) is 9.78 Å². The molecule has 5 nitrogen and oxygen atoms in total. The monoisotopic (exact) mass is 287 g/mol. The summed E-state index contributed by atoms with van der Waals surface area (Å²) < 4.78 is 6.54. The number of ketones is 1. The number of nitrogens with two attached hydrogens (primary N) is 1. The topological polar surface area (TPSA) is 74.1 Å². The maximum absolute atomic E-state index is 12.2. The molecule has 0 radical (unpaired) electrons. The molecular formula is C14H10ClN3O2. The zero-order chi connectivity index (χ0) is 14.1. The third-order valence-electron chi connectivity index (χ3n) is 2.85. The van der Waals surface area contributed by atoms with Crippen molar-refractivity contribution in [3.63, 3.8) is 0 Å². The summed E-state index contributed by atoms with van der Waals surface area (Å²) in [4.78, 5) is 12.2. The number of benzene rings is 1. The second kappa shape index (κ2) is 4.86. The number of hydrogen-bond acceptors (Lipinski definition) is 4. The molecule has 20 heavy (non-hydrogen) atoms. The minimum Gasteiger partial charge on any atom is -0.461 e. The second-order valence-corrected chi connectivity index (χ2v) is 4.58. The normalized spacial score (nSPS) is 10.7.